The van der Waals surface area contributed by atoms with Crippen molar-refractivity contribution >= 4 is 16.9 Å². The van der Waals surface area contributed by atoms with Crippen LogP contribution in [0.3, 0.4) is 0 Å². The van der Waals surface area contributed by atoms with Gasteiger partial charge in [0, 0.05) is 31.5 Å². The average Bonchev–Trinajstić information content (AvgIpc) is 2.83. The van der Waals surface area contributed by atoms with Crippen LogP contribution in [0.25, 0.3) is 11.0 Å². The van der Waals surface area contributed by atoms with Crippen molar-refractivity contribution in [3.63, 3.8) is 0 Å². The van der Waals surface area contributed by atoms with E-state index in [2.05, 4.69) is 17.1 Å². The lowest BCUT2D eigenvalue weighted by Crippen LogP contribution is -2.36. The molecule has 0 N–H and O–H groups in total. The highest BCUT2D eigenvalue weighted by molar-refractivity contribution is 5.96. The van der Waals surface area contributed by atoms with E-state index in [4.69, 9.17) is 0 Å². The normalized spacial score (nSPS) is 10.9. The molecule has 0 bridgehead atoms. The molecule has 2 heterocycles. The van der Waals surface area contributed by atoms with Crippen LogP contribution in [0.1, 0.15) is 34.1 Å². The zero-order chi connectivity index (χ0) is 22.5. The molecule has 0 fully saturated rings. The molecule has 0 saturated heterocycles. The third kappa shape index (κ3) is 4.62. The van der Waals surface area contributed by atoms with Gasteiger partial charge in [-0.3, -0.25) is 9.59 Å². The van der Waals surface area contributed by atoms with E-state index in [0.717, 1.165) is 23.2 Å². The maximum Gasteiger partial charge on any atom is 0.259 e. The lowest BCUT2D eigenvalue weighted by atomic mass is 10.1. The molecule has 4 rings (SSSR count). The minimum Gasteiger partial charge on any atom is -0.334 e. The van der Waals surface area contributed by atoms with Crippen molar-refractivity contribution in [3.8, 4) is 0 Å². The molecule has 32 heavy (non-hydrogen) atoms. The number of amides is 1. The summed E-state index contributed by atoms with van der Waals surface area (Å²) in [6.07, 6.45) is 2.38. The number of aryl methyl sites for hydroxylation is 2. The fourth-order valence-corrected chi connectivity index (χ4v) is 3.89. The Morgan fingerprint density at radius 1 is 0.938 bits per heavy atom. The summed E-state index contributed by atoms with van der Waals surface area (Å²) in [5.41, 5.74) is 3.57. The van der Waals surface area contributed by atoms with Gasteiger partial charge in [0.2, 0.25) is 5.43 Å². The van der Waals surface area contributed by atoms with Crippen molar-refractivity contribution in [2.24, 2.45) is 0 Å². The van der Waals surface area contributed by atoms with E-state index in [1.165, 1.54) is 0 Å². The van der Waals surface area contributed by atoms with Crippen LogP contribution in [-0.4, -0.2) is 26.9 Å². The van der Waals surface area contributed by atoms with E-state index < -0.39 is 0 Å². The lowest BCUT2D eigenvalue weighted by molar-refractivity contribution is 0.0743. The summed E-state index contributed by atoms with van der Waals surface area (Å²) in [4.78, 5) is 33.2. The standard InChI is InChI=1S/C27H27N3O2/c1-3-29-19-24(25(31)23-15-14-20(2)28-26(23)29)27(32)30(18-22-12-8-5-9-13-22)17-16-21-10-6-4-7-11-21/h4-15,19H,3,16-18H2,1-2H3. The molecule has 1 amide bonds. The molecule has 0 spiro atoms. The van der Waals surface area contributed by atoms with Gasteiger partial charge in [0.25, 0.3) is 5.91 Å². The van der Waals surface area contributed by atoms with Crippen LogP contribution >= 0.6 is 0 Å². The monoisotopic (exact) mass is 425 g/mol. The SMILES string of the molecule is CCn1cc(C(=O)N(CCc2ccccc2)Cc2ccccc2)c(=O)c2ccc(C)nc21. The number of aromatic nitrogens is 2. The number of hydrogen-bond donors (Lipinski definition) is 0. The smallest absolute Gasteiger partial charge is 0.259 e. The first-order valence-corrected chi connectivity index (χ1v) is 10.9. The van der Waals surface area contributed by atoms with E-state index in [1.54, 1.807) is 17.2 Å². The van der Waals surface area contributed by atoms with Crippen molar-refractivity contribution < 1.29 is 4.79 Å². The third-order valence-electron chi connectivity index (χ3n) is 5.65. The number of benzene rings is 2. The molecule has 0 aliphatic heterocycles. The van der Waals surface area contributed by atoms with E-state index >= 15 is 0 Å². The predicted octanol–water partition coefficient (Wildman–Crippen LogP) is 4.61. The summed E-state index contributed by atoms with van der Waals surface area (Å²) in [5.74, 6) is -0.251. The second-order valence-electron chi connectivity index (χ2n) is 7.93. The highest BCUT2D eigenvalue weighted by atomic mass is 16.2. The topological polar surface area (TPSA) is 55.2 Å². The van der Waals surface area contributed by atoms with E-state index in [1.807, 2.05) is 73.0 Å². The zero-order valence-electron chi connectivity index (χ0n) is 18.5. The summed E-state index contributed by atoms with van der Waals surface area (Å²) >= 11 is 0. The molecule has 5 heteroatoms. The molecule has 0 saturated carbocycles. The van der Waals surface area contributed by atoms with E-state index in [0.29, 0.717) is 30.7 Å². The number of nitrogens with zero attached hydrogens (tertiary/aromatic N) is 3. The summed E-state index contributed by atoms with van der Waals surface area (Å²) in [7, 11) is 0. The fraction of sp³-hybridized carbons (Fsp3) is 0.222. The quantitative estimate of drug-likeness (QED) is 0.434. The number of carbonyl (C=O) groups is 1. The van der Waals surface area contributed by atoms with Gasteiger partial charge in [-0.25, -0.2) is 4.98 Å². The Labute approximate surface area is 188 Å². The summed E-state index contributed by atoms with van der Waals surface area (Å²) < 4.78 is 1.88. The van der Waals surface area contributed by atoms with Gasteiger partial charge < -0.3 is 9.47 Å². The zero-order valence-corrected chi connectivity index (χ0v) is 18.5. The largest absolute Gasteiger partial charge is 0.334 e. The maximum atomic E-state index is 13.7. The van der Waals surface area contributed by atoms with Crippen molar-refractivity contribution in [2.45, 2.75) is 33.4 Å². The molecule has 0 radical (unpaired) electrons. The molecule has 0 atom stereocenters. The highest BCUT2D eigenvalue weighted by Gasteiger charge is 2.22. The van der Waals surface area contributed by atoms with Crippen LogP contribution in [0.15, 0.2) is 83.8 Å². The van der Waals surface area contributed by atoms with Crippen LogP contribution in [-0.2, 0) is 19.5 Å². The number of fused-ring (bicyclic) bond motifs is 1. The Morgan fingerprint density at radius 2 is 1.59 bits per heavy atom. The molecular weight excluding hydrogens is 398 g/mol. The van der Waals surface area contributed by atoms with Crippen molar-refractivity contribution in [2.75, 3.05) is 6.54 Å². The summed E-state index contributed by atoms with van der Waals surface area (Å²) in [5, 5.41) is 0.478. The van der Waals surface area contributed by atoms with Crippen LogP contribution in [0, 0.1) is 6.92 Å². The molecule has 162 valence electrons. The Morgan fingerprint density at radius 3 is 2.25 bits per heavy atom. The van der Waals surface area contributed by atoms with E-state index in [-0.39, 0.29) is 16.9 Å². The first-order valence-electron chi connectivity index (χ1n) is 10.9. The molecule has 0 unspecified atom stereocenters. The Bertz CT molecular complexity index is 1280. The Hall–Kier alpha value is -3.73. The van der Waals surface area contributed by atoms with Gasteiger partial charge in [-0.1, -0.05) is 60.7 Å². The van der Waals surface area contributed by atoms with Gasteiger partial charge in [0.1, 0.15) is 11.2 Å². The fourth-order valence-electron chi connectivity index (χ4n) is 3.89. The van der Waals surface area contributed by atoms with Crippen LogP contribution in [0.5, 0.6) is 0 Å². The van der Waals surface area contributed by atoms with Crippen molar-refractivity contribution in [1.82, 2.24) is 14.5 Å². The number of hydrogen-bond acceptors (Lipinski definition) is 3. The molecule has 0 aliphatic carbocycles. The number of carbonyl (C=O) groups excluding carboxylic acids is 1. The van der Waals surface area contributed by atoms with Gasteiger partial charge in [0.15, 0.2) is 0 Å². The van der Waals surface area contributed by atoms with Crippen molar-refractivity contribution in [1.29, 1.82) is 0 Å². The predicted molar refractivity (Wildman–Crippen MR) is 128 cm³/mol. The first kappa shape index (κ1) is 21.5. The number of rotatable bonds is 7. The minimum atomic E-state index is -0.264. The lowest BCUT2D eigenvalue weighted by Gasteiger charge is -2.23. The first-order chi connectivity index (χ1) is 15.6. The molecular formula is C27H27N3O2. The van der Waals surface area contributed by atoms with Gasteiger partial charge >= 0.3 is 0 Å². The van der Waals surface area contributed by atoms with E-state index in [9.17, 15) is 9.59 Å². The summed E-state index contributed by atoms with van der Waals surface area (Å²) in [6, 6.07) is 23.6. The Kier molecular flexibility index (Phi) is 6.45. The van der Waals surface area contributed by atoms with Gasteiger partial charge in [-0.2, -0.15) is 0 Å². The van der Waals surface area contributed by atoms with Crippen LogP contribution in [0.2, 0.25) is 0 Å². The second-order valence-corrected chi connectivity index (χ2v) is 7.93. The second kappa shape index (κ2) is 9.60. The Balaban J connectivity index is 1.72. The number of pyridine rings is 2. The maximum absolute atomic E-state index is 13.7. The average molecular weight is 426 g/mol. The molecule has 2 aromatic heterocycles. The van der Waals surface area contributed by atoms with Crippen LogP contribution in [0.4, 0.5) is 0 Å². The highest BCUT2D eigenvalue weighted by Crippen LogP contribution is 2.15. The van der Waals surface area contributed by atoms with Gasteiger partial charge in [-0.15, -0.1) is 0 Å². The summed E-state index contributed by atoms with van der Waals surface area (Å²) in [6.45, 7) is 5.47. The van der Waals surface area contributed by atoms with Gasteiger partial charge in [-0.05, 0) is 43.5 Å². The van der Waals surface area contributed by atoms with Crippen LogP contribution < -0.4 is 5.43 Å². The molecule has 0 aliphatic rings. The van der Waals surface area contributed by atoms with Crippen molar-refractivity contribution in [3.05, 3.63) is 112 Å². The minimum absolute atomic E-state index is 0.189. The molecule has 5 nitrogen and oxygen atoms in total. The van der Waals surface area contributed by atoms with Gasteiger partial charge in [0.05, 0.1) is 5.39 Å². The molecule has 4 aromatic rings. The third-order valence-corrected chi connectivity index (χ3v) is 5.65. The molecule has 2 aromatic carbocycles.